The lowest BCUT2D eigenvalue weighted by molar-refractivity contribution is 0.594. The first-order chi connectivity index (χ1) is 8.75. The highest BCUT2D eigenvalue weighted by molar-refractivity contribution is 5.28. The van der Waals surface area contributed by atoms with Crippen LogP contribution in [-0.4, -0.2) is 9.97 Å². The second-order valence-corrected chi connectivity index (χ2v) is 4.97. The van der Waals surface area contributed by atoms with Gasteiger partial charge in [0, 0.05) is 6.20 Å². The summed E-state index contributed by atoms with van der Waals surface area (Å²) in [5, 5.41) is 0. The van der Waals surface area contributed by atoms with Crippen molar-refractivity contribution >= 4 is 0 Å². The first-order valence-electron chi connectivity index (χ1n) is 6.36. The Hall–Kier alpha value is -1.74. The molecule has 92 valence electrons. The summed E-state index contributed by atoms with van der Waals surface area (Å²) in [4.78, 5) is 8.54. The number of benzene rings is 1. The Morgan fingerprint density at radius 2 is 2.00 bits per heavy atom. The molecule has 0 radical (unpaired) electrons. The van der Waals surface area contributed by atoms with E-state index in [1.807, 2.05) is 13.0 Å². The zero-order valence-corrected chi connectivity index (χ0v) is 10.5. The van der Waals surface area contributed by atoms with Gasteiger partial charge in [-0.15, -0.1) is 0 Å². The maximum absolute atomic E-state index is 6.31. The fourth-order valence-corrected chi connectivity index (χ4v) is 2.57. The summed E-state index contributed by atoms with van der Waals surface area (Å²) in [5.41, 5.74) is 8.66. The normalized spacial score (nSPS) is 23.7. The van der Waals surface area contributed by atoms with Crippen LogP contribution in [0, 0.1) is 12.8 Å². The molecule has 2 aromatic rings. The molecule has 3 unspecified atom stereocenters. The van der Waals surface area contributed by atoms with E-state index in [0.717, 1.165) is 17.9 Å². The minimum atomic E-state index is 0.0249. The molecule has 0 aliphatic heterocycles. The van der Waals surface area contributed by atoms with Crippen LogP contribution in [0.3, 0.4) is 0 Å². The van der Waals surface area contributed by atoms with Crippen LogP contribution < -0.4 is 5.73 Å². The van der Waals surface area contributed by atoms with E-state index in [-0.39, 0.29) is 6.04 Å². The first-order valence-corrected chi connectivity index (χ1v) is 6.36. The van der Waals surface area contributed by atoms with E-state index < -0.39 is 0 Å². The zero-order chi connectivity index (χ0) is 12.5. The summed E-state index contributed by atoms with van der Waals surface area (Å²) in [7, 11) is 0. The van der Waals surface area contributed by atoms with E-state index in [9.17, 15) is 0 Å². The lowest BCUT2D eigenvalue weighted by Gasteiger charge is -2.11. The van der Waals surface area contributed by atoms with Crippen molar-refractivity contribution in [2.45, 2.75) is 25.3 Å². The van der Waals surface area contributed by atoms with Crippen LogP contribution in [0.4, 0.5) is 0 Å². The van der Waals surface area contributed by atoms with Gasteiger partial charge >= 0.3 is 0 Å². The van der Waals surface area contributed by atoms with E-state index in [4.69, 9.17) is 5.73 Å². The van der Waals surface area contributed by atoms with Gasteiger partial charge in [0.25, 0.3) is 0 Å². The number of aromatic nitrogens is 2. The fraction of sp³-hybridized carbons (Fsp3) is 0.333. The molecule has 0 bridgehead atoms. The van der Waals surface area contributed by atoms with Crippen molar-refractivity contribution in [2.24, 2.45) is 11.7 Å². The van der Waals surface area contributed by atoms with Crippen molar-refractivity contribution in [3.63, 3.8) is 0 Å². The van der Waals surface area contributed by atoms with Crippen molar-refractivity contribution < 1.29 is 0 Å². The van der Waals surface area contributed by atoms with E-state index in [1.54, 1.807) is 6.20 Å². The molecule has 3 heteroatoms. The van der Waals surface area contributed by atoms with Crippen LogP contribution >= 0.6 is 0 Å². The third kappa shape index (κ3) is 2.14. The molecule has 1 aromatic heterocycles. The van der Waals surface area contributed by atoms with Gasteiger partial charge in [-0.2, -0.15) is 0 Å². The van der Waals surface area contributed by atoms with Crippen LogP contribution in [-0.2, 0) is 0 Å². The highest BCUT2D eigenvalue weighted by Gasteiger charge is 2.43. The predicted octanol–water partition coefficient (Wildman–Crippen LogP) is 2.59. The molecule has 0 amide bonds. The summed E-state index contributed by atoms with van der Waals surface area (Å²) in [6.45, 7) is 1.90. The van der Waals surface area contributed by atoms with Crippen LogP contribution in [0.25, 0.3) is 0 Å². The molecule has 1 aromatic carbocycles. The van der Waals surface area contributed by atoms with Crippen molar-refractivity contribution in [3.8, 4) is 0 Å². The molecule has 1 saturated carbocycles. The topological polar surface area (TPSA) is 51.8 Å². The summed E-state index contributed by atoms with van der Waals surface area (Å²) in [6.07, 6.45) is 2.95. The standard InChI is InChI=1S/C15H17N3/c1-10-17-8-7-14(18-10)15(16)13-9-12(13)11-5-3-2-4-6-11/h2-8,12-13,15H,9,16H2,1H3. The summed E-state index contributed by atoms with van der Waals surface area (Å²) in [6, 6.07) is 12.5. The molecular weight excluding hydrogens is 222 g/mol. The number of nitrogens with two attached hydrogens (primary N) is 1. The van der Waals surface area contributed by atoms with Crippen LogP contribution in [0.5, 0.6) is 0 Å². The monoisotopic (exact) mass is 239 g/mol. The molecule has 3 atom stereocenters. The van der Waals surface area contributed by atoms with Gasteiger partial charge in [0.05, 0.1) is 11.7 Å². The smallest absolute Gasteiger partial charge is 0.125 e. The van der Waals surface area contributed by atoms with Crippen LogP contribution in [0.15, 0.2) is 42.6 Å². The number of nitrogens with zero attached hydrogens (tertiary/aromatic N) is 2. The second kappa shape index (κ2) is 4.50. The third-order valence-corrected chi connectivity index (χ3v) is 3.67. The van der Waals surface area contributed by atoms with Gasteiger partial charge in [-0.1, -0.05) is 30.3 Å². The Morgan fingerprint density at radius 1 is 1.22 bits per heavy atom. The van der Waals surface area contributed by atoms with Gasteiger partial charge in [0.15, 0.2) is 0 Å². The lowest BCUT2D eigenvalue weighted by Crippen LogP contribution is -2.15. The Labute approximate surface area is 107 Å². The van der Waals surface area contributed by atoms with E-state index in [0.29, 0.717) is 11.8 Å². The van der Waals surface area contributed by atoms with Gasteiger partial charge in [-0.05, 0) is 36.8 Å². The fourth-order valence-electron chi connectivity index (χ4n) is 2.57. The number of aryl methyl sites for hydroxylation is 1. The molecule has 1 aliphatic rings. The molecule has 3 nitrogen and oxygen atoms in total. The van der Waals surface area contributed by atoms with Gasteiger partial charge in [0.2, 0.25) is 0 Å². The minimum Gasteiger partial charge on any atom is -0.322 e. The van der Waals surface area contributed by atoms with Crippen molar-refractivity contribution in [3.05, 3.63) is 59.7 Å². The third-order valence-electron chi connectivity index (χ3n) is 3.67. The Morgan fingerprint density at radius 3 is 2.72 bits per heavy atom. The largest absolute Gasteiger partial charge is 0.322 e. The average molecular weight is 239 g/mol. The summed E-state index contributed by atoms with van der Waals surface area (Å²) >= 11 is 0. The molecule has 3 rings (SSSR count). The Balaban J connectivity index is 1.75. The molecule has 0 spiro atoms. The van der Waals surface area contributed by atoms with E-state index >= 15 is 0 Å². The first kappa shape index (κ1) is 11.4. The van der Waals surface area contributed by atoms with Gasteiger partial charge in [0.1, 0.15) is 5.82 Å². The number of hydrogen-bond donors (Lipinski definition) is 1. The maximum Gasteiger partial charge on any atom is 0.125 e. The lowest BCUT2D eigenvalue weighted by atomic mass is 10.0. The SMILES string of the molecule is Cc1nccc(C(N)C2CC2c2ccccc2)n1. The van der Waals surface area contributed by atoms with Gasteiger partial charge in [-0.3, -0.25) is 0 Å². The van der Waals surface area contributed by atoms with Crippen molar-refractivity contribution in [1.82, 2.24) is 9.97 Å². The molecule has 18 heavy (non-hydrogen) atoms. The highest BCUT2D eigenvalue weighted by Crippen LogP contribution is 2.52. The van der Waals surface area contributed by atoms with Crippen LogP contribution in [0.2, 0.25) is 0 Å². The number of hydrogen-bond acceptors (Lipinski definition) is 3. The second-order valence-electron chi connectivity index (χ2n) is 4.97. The summed E-state index contributed by atoms with van der Waals surface area (Å²) < 4.78 is 0. The molecule has 2 N–H and O–H groups in total. The maximum atomic E-state index is 6.31. The predicted molar refractivity (Wildman–Crippen MR) is 71.0 cm³/mol. The van der Waals surface area contributed by atoms with Gasteiger partial charge < -0.3 is 5.73 Å². The Kier molecular flexibility index (Phi) is 2.84. The van der Waals surface area contributed by atoms with E-state index in [1.165, 1.54) is 5.56 Å². The van der Waals surface area contributed by atoms with Crippen LogP contribution in [0.1, 0.15) is 35.5 Å². The molecule has 1 aliphatic carbocycles. The zero-order valence-electron chi connectivity index (χ0n) is 10.5. The quantitative estimate of drug-likeness (QED) is 0.895. The molecule has 0 saturated heterocycles. The molecular formula is C15H17N3. The summed E-state index contributed by atoms with van der Waals surface area (Å²) in [5.74, 6) is 1.90. The average Bonchev–Trinajstić information content (AvgIpc) is 3.19. The molecule has 1 heterocycles. The highest BCUT2D eigenvalue weighted by atomic mass is 14.9. The molecule has 1 fully saturated rings. The van der Waals surface area contributed by atoms with Gasteiger partial charge in [-0.25, -0.2) is 9.97 Å². The minimum absolute atomic E-state index is 0.0249. The number of rotatable bonds is 3. The Bertz CT molecular complexity index is 538. The van der Waals surface area contributed by atoms with Crippen molar-refractivity contribution in [2.75, 3.05) is 0 Å². The van der Waals surface area contributed by atoms with Crippen molar-refractivity contribution in [1.29, 1.82) is 0 Å². The van der Waals surface area contributed by atoms with E-state index in [2.05, 4.69) is 40.3 Å².